The minimum Gasteiger partial charge on any atom is -0.490 e. The maximum absolute atomic E-state index is 6.38. The third-order valence-electron chi connectivity index (χ3n) is 3.41. The molecule has 0 saturated carbocycles. The van der Waals surface area contributed by atoms with Crippen LogP contribution in [-0.2, 0) is 0 Å². The van der Waals surface area contributed by atoms with Gasteiger partial charge in [0.2, 0.25) is 0 Å². The highest BCUT2D eigenvalue weighted by Crippen LogP contribution is 2.38. The molecule has 3 rings (SSSR count). The van der Waals surface area contributed by atoms with Crippen LogP contribution in [0.2, 0.25) is 5.02 Å². The molecule has 0 spiro atoms. The molecule has 1 atom stereocenters. The molecule has 5 heteroatoms. The molecule has 1 heterocycles. The summed E-state index contributed by atoms with van der Waals surface area (Å²) >= 11 is 8.65. The van der Waals surface area contributed by atoms with E-state index in [0.29, 0.717) is 29.7 Å². The zero-order valence-electron chi connectivity index (χ0n) is 11.3. The fraction of sp³-hybridized carbons (Fsp3) is 0.250. The Labute approximate surface area is 142 Å². The number of ether oxygens (including phenoxy) is 2. The van der Waals surface area contributed by atoms with Crippen LogP contribution in [0.1, 0.15) is 23.6 Å². The monoisotopic (exact) mass is 415 g/mol. The maximum Gasteiger partial charge on any atom is 0.162 e. The lowest BCUT2D eigenvalue weighted by molar-refractivity contribution is 0.297. The molecule has 2 N–H and O–H groups in total. The van der Waals surface area contributed by atoms with Gasteiger partial charge in [0.1, 0.15) is 0 Å². The predicted molar refractivity (Wildman–Crippen MR) is 92.2 cm³/mol. The minimum absolute atomic E-state index is 0.288. The van der Waals surface area contributed by atoms with E-state index in [1.54, 1.807) is 6.07 Å². The topological polar surface area (TPSA) is 44.5 Å². The van der Waals surface area contributed by atoms with Gasteiger partial charge < -0.3 is 15.2 Å². The van der Waals surface area contributed by atoms with Crippen LogP contribution in [0, 0.1) is 3.57 Å². The van der Waals surface area contributed by atoms with Crippen molar-refractivity contribution in [2.24, 2.45) is 5.73 Å². The van der Waals surface area contributed by atoms with E-state index in [4.69, 9.17) is 26.8 Å². The summed E-state index contributed by atoms with van der Waals surface area (Å²) in [7, 11) is 0. The number of hydrogen-bond acceptors (Lipinski definition) is 3. The Morgan fingerprint density at radius 2 is 1.81 bits per heavy atom. The number of fused-ring (bicyclic) bond motifs is 1. The molecular weight excluding hydrogens is 401 g/mol. The van der Waals surface area contributed by atoms with Gasteiger partial charge in [0.15, 0.2) is 11.5 Å². The van der Waals surface area contributed by atoms with Gasteiger partial charge in [0.05, 0.1) is 19.3 Å². The predicted octanol–water partition coefficient (Wildman–Crippen LogP) is 4.15. The molecule has 110 valence electrons. The van der Waals surface area contributed by atoms with Crippen LogP contribution < -0.4 is 15.2 Å². The largest absolute Gasteiger partial charge is 0.490 e. The summed E-state index contributed by atoms with van der Waals surface area (Å²) < 4.78 is 12.5. The minimum atomic E-state index is -0.288. The molecule has 21 heavy (non-hydrogen) atoms. The van der Waals surface area contributed by atoms with E-state index in [1.165, 1.54) is 0 Å². The van der Waals surface area contributed by atoms with Gasteiger partial charge in [-0.1, -0.05) is 23.7 Å². The highest BCUT2D eigenvalue weighted by atomic mass is 127. The van der Waals surface area contributed by atoms with Crippen molar-refractivity contribution in [2.45, 2.75) is 12.5 Å². The van der Waals surface area contributed by atoms with Gasteiger partial charge in [-0.15, -0.1) is 0 Å². The van der Waals surface area contributed by atoms with Crippen molar-refractivity contribution in [1.82, 2.24) is 0 Å². The number of nitrogens with two attached hydrogens (primary N) is 1. The van der Waals surface area contributed by atoms with E-state index in [-0.39, 0.29) is 6.04 Å². The van der Waals surface area contributed by atoms with Gasteiger partial charge in [0.25, 0.3) is 0 Å². The standard InChI is InChI=1S/C16H15ClINO2/c17-13-9-15-14(20-5-2-6-21-15)8-12(13)16(19)10-3-1-4-11(18)7-10/h1,3-4,7-9,16H,2,5-6,19H2. The van der Waals surface area contributed by atoms with Crippen LogP contribution in [0.3, 0.4) is 0 Å². The van der Waals surface area contributed by atoms with Gasteiger partial charge in [-0.2, -0.15) is 0 Å². The first-order chi connectivity index (χ1) is 10.1. The first kappa shape index (κ1) is 14.9. The van der Waals surface area contributed by atoms with Crippen LogP contribution in [0.4, 0.5) is 0 Å². The first-order valence-corrected chi connectivity index (χ1v) is 8.21. The van der Waals surface area contributed by atoms with Crippen LogP contribution in [0.25, 0.3) is 0 Å². The zero-order valence-corrected chi connectivity index (χ0v) is 14.2. The second kappa shape index (κ2) is 6.42. The normalized spacial score (nSPS) is 15.4. The molecule has 0 radical (unpaired) electrons. The van der Waals surface area contributed by atoms with Crippen LogP contribution in [0.15, 0.2) is 36.4 Å². The number of rotatable bonds is 2. The molecule has 2 aromatic rings. The van der Waals surface area contributed by atoms with Gasteiger partial charge in [0, 0.05) is 21.1 Å². The summed E-state index contributed by atoms with van der Waals surface area (Å²) in [5, 5.41) is 0.602. The lowest BCUT2D eigenvalue weighted by atomic mass is 9.99. The molecule has 0 bridgehead atoms. The molecule has 0 fully saturated rings. The summed E-state index contributed by atoms with van der Waals surface area (Å²) in [5.41, 5.74) is 8.25. The molecule has 3 nitrogen and oxygen atoms in total. The summed E-state index contributed by atoms with van der Waals surface area (Å²) in [6.45, 7) is 1.29. The van der Waals surface area contributed by atoms with E-state index in [9.17, 15) is 0 Å². The van der Waals surface area contributed by atoms with Crippen molar-refractivity contribution in [3.8, 4) is 11.5 Å². The molecule has 0 amide bonds. The van der Waals surface area contributed by atoms with E-state index in [1.807, 2.05) is 24.3 Å². The molecular formula is C16H15ClINO2. The second-order valence-corrected chi connectivity index (χ2v) is 6.56. The van der Waals surface area contributed by atoms with Crippen LogP contribution >= 0.6 is 34.2 Å². The molecule has 0 aliphatic carbocycles. The number of halogens is 2. The third-order valence-corrected chi connectivity index (χ3v) is 4.41. The Morgan fingerprint density at radius 3 is 2.52 bits per heavy atom. The van der Waals surface area contributed by atoms with E-state index >= 15 is 0 Å². The van der Waals surface area contributed by atoms with Gasteiger partial charge >= 0.3 is 0 Å². The lowest BCUT2D eigenvalue weighted by Gasteiger charge is -2.17. The van der Waals surface area contributed by atoms with Gasteiger partial charge in [-0.05, 0) is 51.9 Å². The Kier molecular flexibility index (Phi) is 4.57. The van der Waals surface area contributed by atoms with Crippen molar-refractivity contribution < 1.29 is 9.47 Å². The quantitative estimate of drug-likeness (QED) is 0.749. The summed E-state index contributed by atoms with van der Waals surface area (Å²) in [5.74, 6) is 1.41. The Bertz CT molecular complexity index is 663. The SMILES string of the molecule is NC(c1cccc(I)c1)c1cc2c(cc1Cl)OCCCO2. The lowest BCUT2D eigenvalue weighted by Crippen LogP contribution is -2.13. The van der Waals surface area contributed by atoms with Crippen molar-refractivity contribution in [1.29, 1.82) is 0 Å². The van der Waals surface area contributed by atoms with E-state index < -0.39 is 0 Å². The van der Waals surface area contributed by atoms with Gasteiger partial charge in [-0.3, -0.25) is 0 Å². The molecule has 0 aromatic heterocycles. The fourth-order valence-electron chi connectivity index (χ4n) is 2.32. The maximum atomic E-state index is 6.38. The van der Waals surface area contributed by atoms with Gasteiger partial charge in [-0.25, -0.2) is 0 Å². The number of benzene rings is 2. The second-order valence-electron chi connectivity index (χ2n) is 4.90. The molecule has 2 aromatic carbocycles. The average Bonchev–Trinajstić information content (AvgIpc) is 2.70. The van der Waals surface area contributed by atoms with Crippen LogP contribution in [0.5, 0.6) is 11.5 Å². The fourth-order valence-corrected chi connectivity index (χ4v) is 3.16. The summed E-state index contributed by atoms with van der Waals surface area (Å²) in [4.78, 5) is 0. The number of hydrogen-bond donors (Lipinski definition) is 1. The van der Waals surface area contributed by atoms with E-state index in [0.717, 1.165) is 21.1 Å². The highest BCUT2D eigenvalue weighted by molar-refractivity contribution is 14.1. The third kappa shape index (κ3) is 3.27. The van der Waals surface area contributed by atoms with Crippen molar-refractivity contribution >= 4 is 34.2 Å². The van der Waals surface area contributed by atoms with Crippen molar-refractivity contribution in [2.75, 3.05) is 13.2 Å². The first-order valence-electron chi connectivity index (χ1n) is 6.75. The van der Waals surface area contributed by atoms with E-state index in [2.05, 4.69) is 28.7 Å². The Balaban J connectivity index is 2.00. The van der Waals surface area contributed by atoms with Crippen molar-refractivity contribution in [3.63, 3.8) is 0 Å². The molecule has 1 unspecified atom stereocenters. The van der Waals surface area contributed by atoms with Crippen LogP contribution in [-0.4, -0.2) is 13.2 Å². The Hall–Kier alpha value is -0.980. The zero-order chi connectivity index (χ0) is 14.8. The summed E-state index contributed by atoms with van der Waals surface area (Å²) in [6.07, 6.45) is 0.866. The smallest absolute Gasteiger partial charge is 0.162 e. The summed E-state index contributed by atoms with van der Waals surface area (Å²) in [6, 6.07) is 11.5. The van der Waals surface area contributed by atoms with Crippen molar-refractivity contribution in [3.05, 3.63) is 56.1 Å². The molecule has 1 aliphatic rings. The molecule has 0 saturated heterocycles. The Morgan fingerprint density at radius 1 is 1.10 bits per heavy atom. The average molecular weight is 416 g/mol. The highest BCUT2D eigenvalue weighted by Gasteiger charge is 2.19. The molecule has 1 aliphatic heterocycles.